The van der Waals surface area contributed by atoms with Gasteiger partial charge in [-0.3, -0.25) is 9.78 Å². The Kier molecular flexibility index (Phi) is 5.97. The smallest absolute Gasteiger partial charge is 0.255 e. The van der Waals surface area contributed by atoms with Crippen molar-refractivity contribution in [1.82, 2.24) is 24.6 Å². The Bertz CT molecular complexity index is 1040. The second-order valence-electron chi connectivity index (χ2n) is 9.46. The van der Waals surface area contributed by atoms with E-state index in [0.29, 0.717) is 12.1 Å². The lowest BCUT2D eigenvalue weighted by Gasteiger charge is -2.27. The van der Waals surface area contributed by atoms with Crippen LogP contribution in [0.1, 0.15) is 81.8 Å². The maximum absolute atomic E-state index is 13.8. The number of hydrogen-bond donors (Lipinski definition) is 0. The van der Waals surface area contributed by atoms with Gasteiger partial charge in [-0.1, -0.05) is 19.9 Å². The highest BCUT2D eigenvalue weighted by Crippen LogP contribution is 2.30. The average Bonchev–Trinajstić information content (AvgIpc) is 3.02. The van der Waals surface area contributed by atoms with Gasteiger partial charge in [0.2, 0.25) is 0 Å². The van der Waals surface area contributed by atoms with E-state index in [4.69, 9.17) is 10.1 Å². The van der Waals surface area contributed by atoms with Gasteiger partial charge >= 0.3 is 0 Å². The summed E-state index contributed by atoms with van der Waals surface area (Å²) in [6.45, 7) is 17.0. The van der Waals surface area contributed by atoms with Gasteiger partial charge in [0.1, 0.15) is 0 Å². The first kappa shape index (κ1) is 21.9. The third-order valence-electron chi connectivity index (χ3n) is 5.23. The van der Waals surface area contributed by atoms with Gasteiger partial charge in [-0.2, -0.15) is 5.10 Å². The third-order valence-corrected chi connectivity index (χ3v) is 5.23. The van der Waals surface area contributed by atoms with Gasteiger partial charge in [0.25, 0.3) is 5.91 Å². The van der Waals surface area contributed by atoms with Gasteiger partial charge in [0, 0.05) is 17.9 Å². The molecule has 30 heavy (non-hydrogen) atoms. The van der Waals surface area contributed by atoms with Crippen molar-refractivity contribution in [1.29, 1.82) is 0 Å². The monoisotopic (exact) mass is 407 g/mol. The van der Waals surface area contributed by atoms with Crippen molar-refractivity contribution in [2.24, 2.45) is 0 Å². The van der Waals surface area contributed by atoms with Crippen molar-refractivity contribution in [2.75, 3.05) is 0 Å². The molecule has 0 N–H and O–H groups in total. The van der Waals surface area contributed by atoms with Crippen LogP contribution in [-0.2, 0) is 12.1 Å². The van der Waals surface area contributed by atoms with Crippen molar-refractivity contribution in [3.63, 3.8) is 0 Å². The van der Waals surface area contributed by atoms with Crippen LogP contribution in [0.4, 0.5) is 0 Å². The second-order valence-corrected chi connectivity index (χ2v) is 9.46. The molecule has 0 bridgehead atoms. The first-order chi connectivity index (χ1) is 14.0. The number of fused-ring (bicyclic) bond motifs is 1. The largest absolute Gasteiger partial charge is 0.330 e. The summed E-state index contributed by atoms with van der Waals surface area (Å²) in [6, 6.07) is 7.77. The number of aromatic nitrogens is 4. The standard InChI is InChI=1S/C24H33N5O/c1-15(2)20-13-19(21-17(5)27-29(22(21)26-20)24(6,7)8)23(30)28(16(3)4)14-18-11-9-10-12-25-18/h9-13,15-16H,14H2,1-8H3. The summed E-state index contributed by atoms with van der Waals surface area (Å²) in [7, 11) is 0. The molecule has 6 heteroatoms. The lowest BCUT2D eigenvalue weighted by atomic mass is 10.0. The molecule has 0 fully saturated rings. The zero-order valence-corrected chi connectivity index (χ0v) is 19.4. The number of hydrogen-bond acceptors (Lipinski definition) is 4. The summed E-state index contributed by atoms with van der Waals surface area (Å²) in [5, 5.41) is 5.60. The third kappa shape index (κ3) is 4.23. The topological polar surface area (TPSA) is 63.9 Å². The van der Waals surface area contributed by atoms with E-state index in [-0.39, 0.29) is 23.4 Å². The molecule has 0 aliphatic rings. The van der Waals surface area contributed by atoms with E-state index in [1.165, 1.54) is 0 Å². The summed E-state index contributed by atoms with van der Waals surface area (Å²) in [5.74, 6) is 0.189. The number of nitrogens with zero attached hydrogens (tertiary/aromatic N) is 5. The van der Waals surface area contributed by atoms with E-state index in [2.05, 4.69) is 39.6 Å². The number of amides is 1. The maximum atomic E-state index is 13.8. The molecule has 0 spiro atoms. The molecule has 3 aromatic heterocycles. The Labute approximate surface area is 179 Å². The lowest BCUT2D eigenvalue weighted by Crippen LogP contribution is -2.37. The van der Waals surface area contributed by atoms with Crippen LogP contribution in [0.15, 0.2) is 30.5 Å². The summed E-state index contributed by atoms with van der Waals surface area (Å²) in [5.41, 5.74) is 3.81. The van der Waals surface area contributed by atoms with Crippen LogP contribution in [0.2, 0.25) is 0 Å². The van der Waals surface area contributed by atoms with E-state index >= 15 is 0 Å². The molecule has 0 radical (unpaired) electrons. The fraction of sp³-hybridized carbons (Fsp3) is 0.500. The van der Waals surface area contributed by atoms with Crippen molar-refractivity contribution < 1.29 is 4.79 Å². The molecule has 0 atom stereocenters. The van der Waals surface area contributed by atoms with E-state index in [0.717, 1.165) is 28.1 Å². The number of aryl methyl sites for hydroxylation is 1. The molecule has 6 nitrogen and oxygen atoms in total. The van der Waals surface area contributed by atoms with E-state index in [1.807, 2.05) is 54.6 Å². The van der Waals surface area contributed by atoms with Gasteiger partial charge in [0.15, 0.2) is 5.65 Å². The summed E-state index contributed by atoms with van der Waals surface area (Å²) in [4.78, 5) is 25.0. The van der Waals surface area contributed by atoms with Crippen LogP contribution in [0, 0.1) is 6.92 Å². The van der Waals surface area contributed by atoms with Gasteiger partial charge < -0.3 is 4.90 Å². The molecule has 3 heterocycles. The van der Waals surface area contributed by atoms with Crippen LogP contribution < -0.4 is 0 Å². The molecule has 3 rings (SSSR count). The Balaban J connectivity index is 2.19. The zero-order valence-electron chi connectivity index (χ0n) is 19.4. The van der Waals surface area contributed by atoms with Gasteiger partial charge in [0.05, 0.1) is 34.4 Å². The predicted octanol–water partition coefficient (Wildman–Crippen LogP) is 5.06. The molecule has 1 amide bonds. The van der Waals surface area contributed by atoms with Gasteiger partial charge in [-0.15, -0.1) is 0 Å². The zero-order chi connectivity index (χ0) is 22.2. The highest BCUT2D eigenvalue weighted by Gasteiger charge is 2.28. The Morgan fingerprint density at radius 2 is 1.87 bits per heavy atom. The Morgan fingerprint density at radius 3 is 2.40 bits per heavy atom. The van der Waals surface area contributed by atoms with Crippen molar-refractivity contribution in [2.45, 2.75) is 79.4 Å². The average molecular weight is 408 g/mol. The fourth-order valence-corrected chi connectivity index (χ4v) is 3.55. The molecular formula is C24H33N5O. The number of pyridine rings is 2. The van der Waals surface area contributed by atoms with Crippen LogP contribution >= 0.6 is 0 Å². The van der Waals surface area contributed by atoms with Crippen LogP contribution in [0.5, 0.6) is 0 Å². The minimum absolute atomic E-state index is 0.0125. The van der Waals surface area contributed by atoms with Crippen molar-refractivity contribution >= 4 is 16.9 Å². The first-order valence-electron chi connectivity index (χ1n) is 10.6. The fourth-order valence-electron chi connectivity index (χ4n) is 3.55. The van der Waals surface area contributed by atoms with Crippen molar-refractivity contribution in [3.05, 3.63) is 53.1 Å². The van der Waals surface area contributed by atoms with Crippen LogP contribution in [0.3, 0.4) is 0 Å². The molecule has 0 saturated carbocycles. The van der Waals surface area contributed by atoms with E-state index in [1.54, 1.807) is 6.20 Å². The highest BCUT2D eigenvalue weighted by atomic mass is 16.2. The SMILES string of the molecule is Cc1nn(C(C)(C)C)c2nc(C(C)C)cc(C(=O)N(Cc3ccccn3)C(C)C)c12. The van der Waals surface area contributed by atoms with Crippen LogP contribution in [0.25, 0.3) is 11.0 Å². The minimum atomic E-state index is -0.235. The van der Waals surface area contributed by atoms with Gasteiger partial charge in [-0.25, -0.2) is 9.67 Å². The number of rotatable bonds is 5. The number of carbonyl (C=O) groups is 1. The van der Waals surface area contributed by atoms with Crippen molar-refractivity contribution in [3.8, 4) is 0 Å². The first-order valence-corrected chi connectivity index (χ1v) is 10.6. The molecule has 0 aliphatic carbocycles. The molecular weight excluding hydrogens is 374 g/mol. The summed E-state index contributed by atoms with van der Waals surface area (Å²) in [6.07, 6.45) is 1.76. The predicted molar refractivity (Wildman–Crippen MR) is 121 cm³/mol. The minimum Gasteiger partial charge on any atom is -0.330 e. The van der Waals surface area contributed by atoms with Crippen LogP contribution in [-0.4, -0.2) is 36.6 Å². The quantitative estimate of drug-likeness (QED) is 0.593. The molecule has 0 saturated heterocycles. The normalized spacial score (nSPS) is 12.2. The molecule has 0 aromatic carbocycles. The van der Waals surface area contributed by atoms with E-state index in [9.17, 15) is 4.79 Å². The summed E-state index contributed by atoms with van der Waals surface area (Å²) < 4.78 is 1.94. The van der Waals surface area contributed by atoms with E-state index < -0.39 is 0 Å². The van der Waals surface area contributed by atoms with Gasteiger partial charge in [-0.05, 0) is 65.7 Å². The molecule has 0 aliphatic heterocycles. The molecule has 160 valence electrons. The Morgan fingerprint density at radius 1 is 1.17 bits per heavy atom. The highest BCUT2D eigenvalue weighted by molar-refractivity contribution is 6.06. The maximum Gasteiger partial charge on any atom is 0.255 e. The number of carbonyl (C=O) groups excluding carboxylic acids is 1. The second kappa shape index (κ2) is 8.17. The molecule has 0 unspecified atom stereocenters. The Hall–Kier alpha value is -2.76. The summed E-state index contributed by atoms with van der Waals surface area (Å²) >= 11 is 0. The lowest BCUT2D eigenvalue weighted by molar-refractivity contribution is 0.0689. The molecule has 3 aromatic rings.